The molecule has 1 saturated carbocycles. The van der Waals surface area contributed by atoms with Crippen molar-refractivity contribution in [3.05, 3.63) is 47.9 Å². The standard InChI is InChI=1S/C15H16N2O3/c1-19-14-8-13(16-9-17-14)15(18)10-2-4-11(5-3-10)20-12-6-7-12/h2-5,8-9,12,15,18H,6-7H2,1H3. The fourth-order valence-corrected chi connectivity index (χ4v) is 1.89. The molecule has 1 fully saturated rings. The Morgan fingerprint density at radius 3 is 2.60 bits per heavy atom. The van der Waals surface area contributed by atoms with Crippen LogP contribution in [-0.2, 0) is 0 Å². The highest BCUT2D eigenvalue weighted by Crippen LogP contribution is 2.28. The zero-order valence-corrected chi connectivity index (χ0v) is 11.2. The molecule has 5 nitrogen and oxygen atoms in total. The van der Waals surface area contributed by atoms with E-state index in [1.54, 1.807) is 6.07 Å². The van der Waals surface area contributed by atoms with E-state index in [-0.39, 0.29) is 0 Å². The molecule has 1 N–H and O–H groups in total. The zero-order valence-electron chi connectivity index (χ0n) is 11.2. The predicted octanol–water partition coefficient (Wildman–Crippen LogP) is 2.11. The van der Waals surface area contributed by atoms with Gasteiger partial charge in [0.15, 0.2) is 0 Å². The second-order valence-corrected chi connectivity index (χ2v) is 4.77. The maximum atomic E-state index is 10.3. The van der Waals surface area contributed by atoms with Gasteiger partial charge in [-0.05, 0) is 30.5 Å². The molecule has 1 aromatic heterocycles. The Bertz CT molecular complexity index is 582. The molecular formula is C15H16N2O3. The van der Waals surface area contributed by atoms with E-state index in [2.05, 4.69) is 9.97 Å². The molecular weight excluding hydrogens is 256 g/mol. The summed E-state index contributed by atoms with van der Waals surface area (Å²) in [5.74, 6) is 1.27. The van der Waals surface area contributed by atoms with Crippen molar-refractivity contribution in [2.45, 2.75) is 25.0 Å². The van der Waals surface area contributed by atoms with Crippen molar-refractivity contribution in [1.82, 2.24) is 9.97 Å². The molecule has 1 aromatic carbocycles. The highest BCUT2D eigenvalue weighted by atomic mass is 16.5. The van der Waals surface area contributed by atoms with Crippen LogP contribution >= 0.6 is 0 Å². The van der Waals surface area contributed by atoms with Crippen molar-refractivity contribution in [1.29, 1.82) is 0 Å². The molecule has 5 heteroatoms. The lowest BCUT2D eigenvalue weighted by Crippen LogP contribution is -2.04. The van der Waals surface area contributed by atoms with Crippen LogP contribution in [0.4, 0.5) is 0 Å². The topological polar surface area (TPSA) is 64.5 Å². The van der Waals surface area contributed by atoms with Gasteiger partial charge in [0, 0.05) is 6.07 Å². The number of aliphatic hydroxyl groups is 1. The summed E-state index contributed by atoms with van der Waals surface area (Å²) < 4.78 is 10.7. The van der Waals surface area contributed by atoms with Gasteiger partial charge in [-0.3, -0.25) is 0 Å². The molecule has 0 aliphatic heterocycles. The highest BCUT2D eigenvalue weighted by molar-refractivity contribution is 5.33. The maximum absolute atomic E-state index is 10.3. The normalized spacial score (nSPS) is 15.7. The van der Waals surface area contributed by atoms with Crippen molar-refractivity contribution in [2.75, 3.05) is 7.11 Å². The third kappa shape index (κ3) is 2.88. The second-order valence-electron chi connectivity index (χ2n) is 4.77. The van der Waals surface area contributed by atoms with E-state index in [4.69, 9.17) is 9.47 Å². The van der Waals surface area contributed by atoms with Crippen molar-refractivity contribution < 1.29 is 14.6 Å². The molecule has 0 spiro atoms. The van der Waals surface area contributed by atoms with E-state index in [1.807, 2.05) is 24.3 Å². The van der Waals surface area contributed by atoms with Gasteiger partial charge in [0.2, 0.25) is 5.88 Å². The summed E-state index contributed by atoms with van der Waals surface area (Å²) >= 11 is 0. The van der Waals surface area contributed by atoms with Crippen LogP contribution in [0.3, 0.4) is 0 Å². The lowest BCUT2D eigenvalue weighted by molar-refractivity contribution is 0.214. The first kappa shape index (κ1) is 12.9. The van der Waals surface area contributed by atoms with Crippen LogP contribution in [-0.4, -0.2) is 28.3 Å². The summed E-state index contributed by atoms with van der Waals surface area (Å²) in [4.78, 5) is 8.00. The van der Waals surface area contributed by atoms with Crippen LogP contribution in [0.15, 0.2) is 36.7 Å². The van der Waals surface area contributed by atoms with Crippen LogP contribution in [0, 0.1) is 0 Å². The van der Waals surface area contributed by atoms with Gasteiger partial charge in [0.25, 0.3) is 0 Å². The van der Waals surface area contributed by atoms with Crippen LogP contribution < -0.4 is 9.47 Å². The number of methoxy groups -OCH3 is 1. The van der Waals surface area contributed by atoms with Crippen molar-refractivity contribution >= 4 is 0 Å². The lowest BCUT2D eigenvalue weighted by Gasteiger charge is -2.12. The number of hydrogen-bond donors (Lipinski definition) is 1. The first-order valence-corrected chi connectivity index (χ1v) is 6.57. The molecule has 1 aliphatic rings. The minimum absolute atomic E-state index is 0.372. The van der Waals surface area contributed by atoms with Gasteiger partial charge in [0.1, 0.15) is 18.2 Å². The van der Waals surface area contributed by atoms with Crippen LogP contribution in [0.1, 0.15) is 30.2 Å². The molecule has 0 saturated heterocycles. The summed E-state index contributed by atoms with van der Waals surface area (Å²) in [6.45, 7) is 0. The highest BCUT2D eigenvalue weighted by Gasteiger charge is 2.23. The third-order valence-electron chi connectivity index (χ3n) is 3.18. The van der Waals surface area contributed by atoms with E-state index >= 15 is 0 Å². The fourth-order valence-electron chi connectivity index (χ4n) is 1.89. The summed E-state index contributed by atoms with van der Waals surface area (Å²) in [7, 11) is 1.53. The minimum Gasteiger partial charge on any atom is -0.490 e. The van der Waals surface area contributed by atoms with E-state index in [0.29, 0.717) is 17.7 Å². The quantitative estimate of drug-likeness (QED) is 0.903. The molecule has 1 atom stereocenters. The molecule has 0 radical (unpaired) electrons. The lowest BCUT2D eigenvalue weighted by atomic mass is 10.1. The summed E-state index contributed by atoms with van der Waals surface area (Å²) in [6, 6.07) is 9.05. The van der Waals surface area contributed by atoms with Gasteiger partial charge in [-0.1, -0.05) is 12.1 Å². The largest absolute Gasteiger partial charge is 0.490 e. The predicted molar refractivity (Wildman–Crippen MR) is 72.7 cm³/mol. The molecule has 3 rings (SSSR count). The Morgan fingerprint density at radius 2 is 1.95 bits per heavy atom. The fraction of sp³-hybridized carbons (Fsp3) is 0.333. The number of aromatic nitrogens is 2. The summed E-state index contributed by atoms with van der Waals surface area (Å²) in [5, 5.41) is 10.3. The SMILES string of the molecule is COc1cc(C(O)c2ccc(OC3CC3)cc2)ncn1. The smallest absolute Gasteiger partial charge is 0.216 e. The van der Waals surface area contributed by atoms with Crippen molar-refractivity contribution in [2.24, 2.45) is 0 Å². The zero-order chi connectivity index (χ0) is 13.9. The Morgan fingerprint density at radius 1 is 1.20 bits per heavy atom. The van der Waals surface area contributed by atoms with E-state index in [1.165, 1.54) is 13.4 Å². The second kappa shape index (κ2) is 5.46. The van der Waals surface area contributed by atoms with Crippen molar-refractivity contribution in [3.63, 3.8) is 0 Å². The maximum Gasteiger partial charge on any atom is 0.216 e. The van der Waals surface area contributed by atoms with E-state index < -0.39 is 6.10 Å². The third-order valence-corrected chi connectivity index (χ3v) is 3.18. The molecule has 20 heavy (non-hydrogen) atoms. The molecule has 1 heterocycles. The van der Waals surface area contributed by atoms with Gasteiger partial charge in [-0.2, -0.15) is 0 Å². The number of aliphatic hydroxyl groups excluding tert-OH is 1. The Kier molecular flexibility index (Phi) is 3.52. The first-order chi connectivity index (χ1) is 9.76. The number of ether oxygens (including phenoxy) is 2. The van der Waals surface area contributed by atoms with Gasteiger partial charge >= 0.3 is 0 Å². The van der Waals surface area contributed by atoms with Crippen molar-refractivity contribution in [3.8, 4) is 11.6 Å². The number of nitrogens with zero attached hydrogens (tertiary/aromatic N) is 2. The molecule has 0 amide bonds. The van der Waals surface area contributed by atoms with Crippen LogP contribution in [0.25, 0.3) is 0 Å². The molecule has 0 bridgehead atoms. The molecule has 104 valence electrons. The minimum atomic E-state index is -0.804. The first-order valence-electron chi connectivity index (χ1n) is 6.57. The van der Waals surface area contributed by atoms with E-state index in [9.17, 15) is 5.11 Å². The molecule has 1 unspecified atom stereocenters. The van der Waals surface area contributed by atoms with Gasteiger partial charge in [-0.25, -0.2) is 9.97 Å². The average Bonchev–Trinajstić information content (AvgIpc) is 3.31. The Hall–Kier alpha value is -2.14. The molecule has 1 aliphatic carbocycles. The number of benzene rings is 1. The van der Waals surface area contributed by atoms with Gasteiger partial charge in [-0.15, -0.1) is 0 Å². The molecule has 2 aromatic rings. The Balaban J connectivity index is 1.76. The van der Waals surface area contributed by atoms with Crippen LogP contribution in [0.5, 0.6) is 11.6 Å². The summed E-state index contributed by atoms with van der Waals surface area (Å²) in [6.07, 6.45) is 3.21. The van der Waals surface area contributed by atoms with Gasteiger partial charge < -0.3 is 14.6 Å². The number of hydrogen-bond acceptors (Lipinski definition) is 5. The van der Waals surface area contributed by atoms with Gasteiger partial charge in [0.05, 0.1) is 18.9 Å². The van der Waals surface area contributed by atoms with Crippen LogP contribution in [0.2, 0.25) is 0 Å². The summed E-state index contributed by atoms with van der Waals surface area (Å²) in [5.41, 5.74) is 1.27. The van der Waals surface area contributed by atoms with E-state index in [0.717, 1.165) is 24.2 Å². The monoisotopic (exact) mass is 272 g/mol. The Labute approximate surface area is 117 Å². The average molecular weight is 272 g/mol. The number of rotatable bonds is 5.